The first kappa shape index (κ1) is 23.3. The number of Topliss-reactive ketones (excluding diaryl/α,β-unsaturated/α-hetero) is 1. The molecule has 32 heavy (non-hydrogen) atoms. The smallest absolute Gasteiger partial charge is 0.343 e. The summed E-state index contributed by atoms with van der Waals surface area (Å²) in [5, 5.41) is 6.72. The molecule has 170 valence electrons. The zero-order valence-corrected chi connectivity index (χ0v) is 18.9. The van der Waals surface area contributed by atoms with Crippen molar-refractivity contribution in [2.24, 2.45) is 0 Å². The summed E-state index contributed by atoms with van der Waals surface area (Å²) in [7, 11) is 0. The van der Waals surface area contributed by atoms with Crippen molar-refractivity contribution < 1.29 is 4.79 Å². The van der Waals surface area contributed by atoms with Gasteiger partial charge in [0, 0.05) is 13.1 Å². The van der Waals surface area contributed by atoms with Crippen LogP contribution in [-0.2, 0) is 19.6 Å². The van der Waals surface area contributed by atoms with E-state index < -0.39 is 17.0 Å². The molecular formula is C21H26N6O4S. The topological polar surface area (TPSA) is 138 Å². The molecular weight excluding hydrogens is 432 g/mol. The number of nitrogens with two attached hydrogens (primary N) is 1. The number of ketones is 1. The van der Waals surface area contributed by atoms with E-state index in [0.717, 1.165) is 34.7 Å². The van der Waals surface area contributed by atoms with Crippen LogP contribution in [0, 0.1) is 0 Å². The summed E-state index contributed by atoms with van der Waals surface area (Å²) in [6, 6.07) is 9.17. The molecule has 0 saturated carbocycles. The van der Waals surface area contributed by atoms with Gasteiger partial charge in [-0.25, -0.2) is 14.7 Å². The van der Waals surface area contributed by atoms with Gasteiger partial charge in [-0.3, -0.25) is 23.3 Å². The van der Waals surface area contributed by atoms with Gasteiger partial charge in [-0.15, -0.1) is 5.10 Å². The minimum Gasteiger partial charge on any atom is -0.384 e. The van der Waals surface area contributed by atoms with Crippen molar-refractivity contribution >= 4 is 23.4 Å². The fraction of sp³-hybridized carbons (Fsp3) is 0.381. The summed E-state index contributed by atoms with van der Waals surface area (Å²) in [4.78, 5) is 50.7. The van der Waals surface area contributed by atoms with E-state index in [1.54, 1.807) is 6.92 Å². The number of rotatable bonds is 10. The van der Waals surface area contributed by atoms with Crippen LogP contribution in [-0.4, -0.2) is 35.4 Å². The number of H-pyrrole nitrogens is 1. The van der Waals surface area contributed by atoms with Crippen LogP contribution in [0.5, 0.6) is 0 Å². The summed E-state index contributed by atoms with van der Waals surface area (Å²) < 4.78 is 3.71. The molecule has 1 aromatic carbocycles. The third-order valence-corrected chi connectivity index (χ3v) is 6.01. The number of aromatic nitrogens is 5. The molecule has 3 rings (SSSR count). The number of hydrogen-bond donors (Lipinski definition) is 2. The van der Waals surface area contributed by atoms with Crippen LogP contribution in [0.25, 0.3) is 0 Å². The van der Waals surface area contributed by atoms with Crippen molar-refractivity contribution in [2.45, 2.75) is 51.5 Å². The number of anilines is 1. The van der Waals surface area contributed by atoms with Crippen LogP contribution in [0.2, 0.25) is 0 Å². The van der Waals surface area contributed by atoms with E-state index >= 15 is 0 Å². The van der Waals surface area contributed by atoms with Gasteiger partial charge in [0.05, 0.1) is 12.3 Å². The summed E-state index contributed by atoms with van der Waals surface area (Å²) >= 11 is 1.05. The van der Waals surface area contributed by atoms with E-state index in [9.17, 15) is 19.2 Å². The van der Waals surface area contributed by atoms with Crippen molar-refractivity contribution in [2.75, 3.05) is 11.5 Å². The normalized spacial score (nSPS) is 11.1. The number of carbonyl (C=O) groups excluding carboxylic acids is 1. The third-order valence-electron chi connectivity index (χ3n) is 5.04. The minimum atomic E-state index is -0.713. The van der Waals surface area contributed by atoms with Gasteiger partial charge in [-0.05, 0) is 18.9 Å². The molecule has 0 amide bonds. The lowest BCUT2D eigenvalue weighted by atomic mass is 10.2. The maximum Gasteiger partial charge on any atom is 0.343 e. The predicted molar refractivity (Wildman–Crippen MR) is 123 cm³/mol. The number of carbonyl (C=O) groups is 1. The largest absolute Gasteiger partial charge is 0.384 e. The van der Waals surface area contributed by atoms with E-state index in [1.807, 2.05) is 37.3 Å². The molecule has 0 spiro atoms. The van der Waals surface area contributed by atoms with Crippen molar-refractivity contribution in [1.29, 1.82) is 0 Å². The van der Waals surface area contributed by atoms with Crippen molar-refractivity contribution in [1.82, 2.24) is 23.9 Å². The van der Waals surface area contributed by atoms with Crippen LogP contribution in [0.1, 0.15) is 42.6 Å². The minimum absolute atomic E-state index is 0.107. The fourth-order valence-electron chi connectivity index (χ4n) is 3.30. The molecule has 0 aliphatic heterocycles. The molecule has 0 atom stereocenters. The number of nitrogen functional groups attached to an aromatic ring is 1. The Kier molecular flexibility index (Phi) is 7.52. The first-order chi connectivity index (χ1) is 15.4. The number of unbranched alkanes of at least 4 members (excludes halogenated alkanes) is 1. The van der Waals surface area contributed by atoms with Crippen LogP contribution in [0.4, 0.5) is 5.82 Å². The number of nitrogens with one attached hydrogen (secondary N) is 1. The molecule has 3 N–H and O–H groups in total. The molecule has 0 radical (unpaired) electrons. The Hall–Kier alpha value is -3.34. The average Bonchev–Trinajstić information content (AvgIpc) is 3.14. The molecule has 0 aliphatic rings. The summed E-state index contributed by atoms with van der Waals surface area (Å²) in [6.07, 6.45) is 1.69. The number of nitrogens with zero attached hydrogens (tertiary/aromatic N) is 4. The second-order valence-electron chi connectivity index (χ2n) is 7.19. The Morgan fingerprint density at radius 2 is 1.81 bits per heavy atom. The summed E-state index contributed by atoms with van der Waals surface area (Å²) in [6.45, 7) is 4.39. The number of thioether (sulfide) groups is 1. The van der Waals surface area contributed by atoms with Crippen molar-refractivity contribution in [3.63, 3.8) is 0 Å². The highest BCUT2D eigenvalue weighted by molar-refractivity contribution is 7.99. The summed E-state index contributed by atoms with van der Waals surface area (Å²) in [5.74, 6) is -0.841. The summed E-state index contributed by atoms with van der Waals surface area (Å²) in [5.41, 5.74) is 5.12. The lowest BCUT2D eigenvalue weighted by molar-refractivity contribution is 0.102. The van der Waals surface area contributed by atoms with Gasteiger partial charge in [-0.2, -0.15) is 0 Å². The lowest BCUT2D eigenvalue weighted by Gasteiger charge is -2.15. The molecule has 10 nitrogen and oxygen atoms in total. The van der Waals surface area contributed by atoms with Gasteiger partial charge in [0.2, 0.25) is 0 Å². The van der Waals surface area contributed by atoms with Crippen LogP contribution >= 0.6 is 11.8 Å². The van der Waals surface area contributed by atoms with Crippen LogP contribution in [0.15, 0.2) is 49.9 Å². The second kappa shape index (κ2) is 10.3. The van der Waals surface area contributed by atoms with E-state index in [4.69, 9.17) is 5.73 Å². The molecule has 0 bridgehead atoms. The van der Waals surface area contributed by atoms with Gasteiger partial charge in [-0.1, -0.05) is 55.4 Å². The quantitative estimate of drug-likeness (QED) is 0.345. The molecule has 3 aromatic rings. The maximum atomic E-state index is 13.0. The van der Waals surface area contributed by atoms with E-state index in [2.05, 4.69) is 10.2 Å². The van der Waals surface area contributed by atoms with Crippen molar-refractivity contribution in [3.05, 3.63) is 72.8 Å². The number of aromatic amines is 1. The van der Waals surface area contributed by atoms with Crippen LogP contribution in [0.3, 0.4) is 0 Å². The van der Waals surface area contributed by atoms with Gasteiger partial charge < -0.3 is 5.73 Å². The fourth-order valence-corrected chi connectivity index (χ4v) is 4.15. The molecule has 0 aliphatic carbocycles. The Bertz CT molecular complexity index is 1270. The molecule has 11 heteroatoms. The first-order valence-corrected chi connectivity index (χ1v) is 11.4. The maximum absolute atomic E-state index is 13.0. The van der Waals surface area contributed by atoms with Gasteiger partial charge >= 0.3 is 11.4 Å². The Morgan fingerprint density at radius 3 is 2.47 bits per heavy atom. The lowest BCUT2D eigenvalue weighted by Crippen LogP contribution is -2.44. The highest BCUT2D eigenvalue weighted by Gasteiger charge is 2.23. The Balaban J connectivity index is 1.94. The first-order valence-electron chi connectivity index (χ1n) is 10.4. The van der Waals surface area contributed by atoms with Gasteiger partial charge in [0.1, 0.15) is 11.4 Å². The zero-order valence-electron chi connectivity index (χ0n) is 18.0. The molecule has 0 unspecified atom stereocenters. The standard InChI is InChI=1S/C21H26N6O4S/c1-3-5-11-26-19(30)23-24-20(26)32-13-15(28)16-17(22)27(12-14-9-7-6-8-10-14)21(31)25(4-2)18(16)29/h6-10H,3-5,11-13,22H2,1-2H3,(H,23,30). The van der Waals surface area contributed by atoms with Gasteiger partial charge in [0.15, 0.2) is 10.9 Å². The van der Waals surface area contributed by atoms with Crippen molar-refractivity contribution in [3.8, 4) is 0 Å². The SMILES string of the molecule is CCCCn1c(SCC(=O)c2c(N)n(Cc3ccccc3)c(=O)n(CC)c2=O)n[nH]c1=O. The molecule has 2 heterocycles. The number of benzene rings is 1. The van der Waals surface area contributed by atoms with E-state index in [1.165, 1.54) is 9.13 Å². The Labute approximate surface area is 188 Å². The predicted octanol–water partition coefficient (Wildman–Crippen LogP) is 1.32. The van der Waals surface area contributed by atoms with Gasteiger partial charge in [0.25, 0.3) is 5.56 Å². The zero-order chi connectivity index (χ0) is 23.3. The number of hydrogen-bond acceptors (Lipinski definition) is 7. The Morgan fingerprint density at radius 1 is 1.09 bits per heavy atom. The monoisotopic (exact) mass is 458 g/mol. The second-order valence-corrected chi connectivity index (χ2v) is 8.13. The highest BCUT2D eigenvalue weighted by Crippen LogP contribution is 2.17. The average molecular weight is 459 g/mol. The highest BCUT2D eigenvalue weighted by atomic mass is 32.2. The van der Waals surface area contributed by atoms with E-state index in [-0.39, 0.29) is 35.9 Å². The van der Waals surface area contributed by atoms with Crippen LogP contribution < -0.4 is 22.7 Å². The third kappa shape index (κ3) is 4.77. The molecule has 0 fully saturated rings. The van der Waals surface area contributed by atoms with E-state index in [0.29, 0.717) is 11.7 Å². The molecule has 2 aromatic heterocycles. The molecule has 0 saturated heterocycles.